The second kappa shape index (κ2) is 3.18. The second-order valence-electron chi connectivity index (χ2n) is 2.92. The molecule has 0 aliphatic heterocycles. The summed E-state index contributed by atoms with van der Waals surface area (Å²) in [6.07, 6.45) is 1.17. The van der Waals surface area contributed by atoms with Crippen molar-refractivity contribution in [3.8, 4) is 0 Å². The van der Waals surface area contributed by atoms with E-state index in [9.17, 15) is 0 Å². The summed E-state index contributed by atoms with van der Waals surface area (Å²) >= 11 is 0. The predicted octanol–water partition coefficient (Wildman–Crippen LogP) is -0.0590. The lowest BCUT2D eigenvalue weighted by Gasteiger charge is -2.13. The maximum atomic E-state index is 9.15. The number of hydrogen-bond donors (Lipinski definition) is 1. The first-order valence-corrected chi connectivity index (χ1v) is 3.28. The molecule has 0 aliphatic carbocycles. The highest BCUT2D eigenvalue weighted by Crippen LogP contribution is 1.95. The highest BCUT2D eigenvalue weighted by Gasteiger charge is 2.12. The number of hydrogen-bond acceptors (Lipinski definition) is 1. The summed E-state index contributed by atoms with van der Waals surface area (Å²) in [7, 11) is 2.05. The quantitative estimate of drug-likeness (QED) is 0.507. The van der Waals surface area contributed by atoms with Crippen molar-refractivity contribution in [2.24, 2.45) is 0 Å². The molecule has 0 aliphatic rings. The van der Waals surface area contributed by atoms with Crippen LogP contribution in [0.15, 0.2) is 0 Å². The molecule has 0 saturated carbocycles. The van der Waals surface area contributed by atoms with Gasteiger partial charge in [0, 0.05) is 5.50 Å². The Hall–Kier alpha value is 0.0899. The largest absolute Gasteiger partial charge is 0.400 e. The molecule has 1 N–H and O–H groups in total. The molecular formula is C5H14B2O. The van der Waals surface area contributed by atoms with Crippen LogP contribution in [0.3, 0.4) is 0 Å². The Morgan fingerprint density at radius 1 is 1.50 bits per heavy atom. The van der Waals surface area contributed by atoms with E-state index in [2.05, 4.69) is 6.92 Å². The number of rotatable bonds is 3. The molecule has 0 aromatic carbocycles. The van der Waals surface area contributed by atoms with Crippen LogP contribution in [0.25, 0.3) is 0 Å². The fourth-order valence-electron chi connectivity index (χ4n) is 0.609. The molecule has 46 valence electrons. The van der Waals surface area contributed by atoms with Gasteiger partial charge in [-0.15, -0.1) is 0 Å². The first-order valence-electron chi connectivity index (χ1n) is 3.28. The van der Waals surface area contributed by atoms with Crippen molar-refractivity contribution in [2.45, 2.75) is 32.6 Å². The van der Waals surface area contributed by atoms with Gasteiger partial charge in [-0.05, 0) is 13.8 Å². The lowest BCUT2D eigenvalue weighted by Crippen LogP contribution is -2.31. The number of aliphatic hydroxyl groups is 1. The van der Waals surface area contributed by atoms with Gasteiger partial charge < -0.3 is 5.11 Å². The van der Waals surface area contributed by atoms with E-state index in [1.807, 2.05) is 13.8 Å². The average molecular weight is 112 g/mol. The van der Waals surface area contributed by atoms with Crippen LogP contribution >= 0.6 is 0 Å². The van der Waals surface area contributed by atoms with E-state index in [0.717, 1.165) is 14.3 Å². The third kappa shape index (κ3) is 6.09. The Bertz CT molecular complexity index is 57.9. The molecule has 1 nitrogen and oxygen atoms in total. The van der Waals surface area contributed by atoms with E-state index in [1.54, 1.807) is 0 Å². The van der Waals surface area contributed by atoms with Crippen molar-refractivity contribution in [1.29, 1.82) is 0 Å². The van der Waals surface area contributed by atoms with Crippen molar-refractivity contribution >= 4 is 14.3 Å². The predicted molar refractivity (Wildman–Crippen MR) is 41.1 cm³/mol. The van der Waals surface area contributed by atoms with Crippen molar-refractivity contribution < 1.29 is 5.11 Å². The van der Waals surface area contributed by atoms with Gasteiger partial charge >= 0.3 is 0 Å². The van der Waals surface area contributed by atoms with Crippen LogP contribution in [0.5, 0.6) is 0 Å². The maximum Gasteiger partial charge on any atom is 0.126 e. The molecule has 0 saturated heterocycles. The fourth-order valence-corrected chi connectivity index (χ4v) is 0.609. The average Bonchev–Trinajstić information content (AvgIpc) is 1.59. The SMILES string of the molecule is CCBBC(C)(C)O. The zero-order valence-corrected chi connectivity index (χ0v) is 6.07. The normalized spacial score (nSPS) is 11.0. The van der Waals surface area contributed by atoms with Gasteiger partial charge in [-0.1, -0.05) is 13.2 Å². The minimum atomic E-state index is -0.448. The summed E-state index contributed by atoms with van der Waals surface area (Å²) in [4.78, 5) is 0. The minimum absolute atomic E-state index is 0.448. The summed E-state index contributed by atoms with van der Waals surface area (Å²) in [5.74, 6) is 0. The highest BCUT2D eigenvalue weighted by molar-refractivity contribution is 7.01. The van der Waals surface area contributed by atoms with Gasteiger partial charge in [-0.25, -0.2) is 0 Å². The third-order valence-electron chi connectivity index (χ3n) is 1.14. The van der Waals surface area contributed by atoms with Gasteiger partial charge in [-0.2, -0.15) is 0 Å². The first-order chi connectivity index (χ1) is 3.56. The molecule has 0 aromatic heterocycles. The van der Waals surface area contributed by atoms with Crippen molar-refractivity contribution in [3.63, 3.8) is 0 Å². The van der Waals surface area contributed by atoms with E-state index >= 15 is 0 Å². The Labute approximate surface area is 53.0 Å². The smallest absolute Gasteiger partial charge is 0.126 e. The standard InChI is InChI=1S/C5H14B2O/c1-4-6-7-5(2,3)8/h6-8H,4H2,1-3H3. The van der Waals surface area contributed by atoms with Crippen LogP contribution in [0, 0.1) is 0 Å². The van der Waals surface area contributed by atoms with Crippen LogP contribution in [-0.4, -0.2) is 24.9 Å². The van der Waals surface area contributed by atoms with Crippen molar-refractivity contribution in [1.82, 2.24) is 0 Å². The molecule has 8 heavy (non-hydrogen) atoms. The molecule has 0 spiro atoms. The van der Waals surface area contributed by atoms with Gasteiger partial charge in [0.15, 0.2) is 0 Å². The van der Waals surface area contributed by atoms with Crippen LogP contribution in [-0.2, 0) is 0 Å². The van der Waals surface area contributed by atoms with Gasteiger partial charge in [0.05, 0.1) is 7.17 Å². The van der Waals surface area contributed by atoms with Crippen LogP contribution in [0.4, 0.5) is 0 Å². The summed E-state index contributed by atoms with van der Waals surface area (Å²) in [5, 5.41) is 9.15. The zero-order valence-electron chi connectivity index (χ0n) is 6.07. The van der Waals surface area contributed by atoms with Crippen LogP contribution in [0.1, 0.15) is 20.8 Å². The Morgan fingerprint density at radius 2 is 2.00 bits per heavy atom. The van der Waals surface area contributed by atoms with Crippen LogP contribution in [0.2, 0.25) is 6.32 Å². The minimum Gasteiger partial charge on any atom is -0.400 e. The van der Waals surface area contributed by atoms with E-state index < -0.39 is 5.50 Å². The molecule has 0 atom stereocenters. The summed E-state index contributed by atoms with van der Waals surface area (Å²) < 4.78 is 0. The van der Waals surface area contributed by atoms with Crippen molar-refractivity contribution in [3.05, 3.63) is 0 Å². The lowest BCUT2D eigenvalue weighted by molar-refractivity contribution is 0.168. The van der Waals surface area contributed by atoms with E-state index in [0.29, 0.717) is 0 Å². The maximum absolute atomic E-state index is 9.15. The molecule has 0 aromatic rings. The second-order valence-corrected chi connectivity index (χ2v) is 2.92. The Kier molecular flexibility index (Phi) is 3.22. The van der Waals surface area contributed by atoms with Gasteiger partial charge in [0.2, 0.25) is 0 Å². The van der Waals surface area contributed by atoms with Crippen molar-refractivity contribution in [2.75, 3.05) is 0 Å². The van der Waals surface area contributed by atoms with Gasteiger partial charge in [0.25, 0.3) is 0 Å². The molecule has 0 rings (SSSR count). The molecule has 0 heterocycles. The summed E-state index contributed by atoms with van der Waals surface area (Å²) in [5.41, 5.74) is -0.448. The topological polar surface area (TPSA) is 20.2 Å². The third-order valence-corrected chi connectivity index (χ3v) is 1.14. The Morgan fingerprint density at radius 3 is 2.12 bits per heavy atom. The monoisotopic (exact) mass is 112 g/mol. The Balaban J connectivity index is 3.11. The highest BCUT2D eigenvalue weighted by atomic mass is 16.3. The fraction of sp³-hybridized carbons (Fsp3) is 1.00. The summed E-state index contributed by atoms with van der Waals surface area (Å²) in [6, 6.07) is 0. The molecule has 0 fully saturated rings. The van der Waals surface area contributed by atoms with E-state index in [1.165, 1.54) is 6.32 Å². The molecule has 0 bridgehead atoms. The lowest BCUT2D eigenvalue weighted by atomic mass is 9.32. The van der Waals surface area contributed by atoms with Gasteiger partial charge in [0.1, 0.15) is 7.17 Å². The van der Waals surface area contributed by atoms with Crippen LogP contribution < -0.4 is 0 Å². The molecule has 0 radical (unpaired) electrons. The summed E-state index contributed by atoms with van der Waals surface area (Å²) in [6.45, 7) is 5.83. The first kappa shape index (κ1) is 8.09. The van der Waals surface area contributed by atoms with E-state index in [-0.39, 0.29) is 0 Å². The molecule has 3 heteroatoms. The molecular weight excluding hydrogens is 97.7 g/mol. The van der Waals surface area contributed by atoms with Gasteiger partial charge in [-0.3, -0.25) is 0 Å². The van der Waals surface area contributed by atoms with E-state index in [4.69, 9.17) is 5.11 Å². The molecule has 0 unspecified atom stereocenters. The zero-order chi connectivity index (χ0) is 6.62. The molecule has 0 amide bonds.